The van der Waals surface area contributed by atoms with Crippen molar-refractivity contribution < 1.29 is 0 Å². The van der Waals surface area contributed by atoms with Crippen LogP contribution in [0.5, 0.6) is 0 Å². The monoisotopic (exact) mass is 472 g/mol. The van der Waals surface area contributed by atoms with E-state index in [0.29, 0.717) is 12.1 Å². The van der Waals surface area contributed by atoms with Crippen molar-refractivity contribution in [2.75, 3.05) is 14.1 Å². The Labute approximate surface area is 214 Å². The number of rotatable bonds is 24. The highest BCUT2D eigenvalue weighted by Gasteiger charge is 2.18. The molecule has 34 heavy (non-hydrogen) atoms. The van der Waals surface area contributed by atoms with E-state index in [1.807, 2.05) is 0 Å². The van der Waals surface area contributed by atoms with Gasteiger partial charge in [-0.2, -0.15) is 0 Å². The summed E-state index contributed by atoms with van der Waals surface area (Å²) in [5.74, 6) is 0. The minimum absolute atomic E-state index is 0.472. The lowest BCUT2D eigenvalue weighted by Gasteiger charge is -2.25. The van der Waals surface area contributed by atoms with Crippen molar-refractivity contribution in [3.05, 3.63) is 35.4 Å². The Balaban J connectivity index is 2.39. The summed E-state index contributed by atoms with van der Waals surface area (Å²) in [6.07, 6.45) is 27.7. The predicted octanol–water partition coefficient (Wildman–Crippen LogP) is 10.0. The van der Waals surface area contributed by atoms with E-state index >= 15 is 0 Å². The summed E-state index contributed by atoms with van der Waals surface area (Å²) in [6.45, 7) is 4.60. The van der Waals surface area contributed by atoms with Crippen molar-refractivity contribution in [1.82, 2.24) is 10.6 Å². The van der Waals surface area contributed by atoms with Crippen molar-refractivity contribution in [3.63, 3.8) is 0 Å². The lowest BCUT2D eigenvalue weighted by Crippen LogP contribution is -2.23. The van der Waals surface area contributed by atoms with Crippen molar-refractivity contribution in [2.24, 2.45) is 0 Å². The molecule has 0 amide bonds. The van der Waals surface area contributed by atoms with Gasteiger partial charge in [0.2, 0.25) is 0 Å². The van der Waals surface area contributed by atoms with E-state index < -0.39 is 0 Å². The second kappa shape index (κ2) is 22.6. The molecule has 0 aliphatic carbocycles. The quantitative estimate of drug-likeness (QED) is 0.146. The summed E-state index contributed by atoms with van der Waals surface area (Å²) in [4.78, 5) is 0. The fourth-order valence-corrected chi connectivity index (χ4v) is 5.37. The zero-order valence-corrected chi connectivity index (χ0v) is 23.6. The molecule has 1 aromatic rings. The second-order valence-corrected chi connectivity index (χ2v) is 10.5. The van der Waals surface area contributed by atoms with Gasteiger partial charge in [-0.05, 0) is 38.1 Å². The molecule has 1 aromatic carbocycles. The van der Waals surface area contributed by atoms with E-state index in [2.05, 4.69) is 62.8 Å². The third-order valence-electron chi connectivity index (χ3n) is 7.64. The van der Waals surface area contributed by atoms with Gasteiger partial charge in [-0.25, -0.2) is 0 Å². The van der Waals surface area contributed by atoms with Crippen LogP contribution in [0.3, 0.4) is 0 Å². The van der Waals surface area contributed by atoms with E-state index in [4.69, 9.17) is 0 Å². The molecule has 2 N–H and O–H groups in total. The van der Waals surface area contributed by atoms with Crippen LogP contribution in [0.15, 0.2) is 24.3 Å². The first kappa shape index (κ1) is 31.2. The van der Waals surface area contributed by atoms with Gasteiger partial charge in [-0.15, -0.1) is 0 Å². The van der Waals surface area contributed by atoms with Gasteiger partial charge < -0.3 is 10.6 Å². The Morgan fingerprint density at radius 3 is 1.06 bits per heavy atom. The average Bonchev–Trinajstić information content (AvgIpc) is 2.87. The van der Waals surface area contributed by atoms with Crippen molar-refractivity contribution in [1.29, 1.82) is 0 Å². The Kier molecular flexibility index (Phi) is 20.7. The van der Waals surface area contributed by atoms with Crippen LogP contribution in [-0.4, -0.2) is 14.1 Å². The Morgan fingerprint density at radius 2 is 0.765 bits per heavy atom. The van der Waals surface area contributed by atoms with Crippen LogP contribution in [-0.2, 0) is 0 Å². The van der Waals surface area contributed by atoms with Crippen molar-refractivity contribution in [2.45, 2.75) is 154 Å². The average molecular weight is 473 g/mol. The fourth-order valence-electron chi connectivity index (χ4n) is 5.37. The zero-order valence-electron chi connectivity index (χ0n) is 23.6. The molecule has 0 fully saturated rings. The third kappa shape index (κ3) is 14.5. The van der Waals surface area contributed by atoms with Gasteiger partial charge in [0.15, 0.2) is 0 Å². The highest BCUT2D eigenvalue weighted by Crippen LogP contribution is 2.30. The second-order valence-electron chi connectivity index (χ2n) is 10.5. The molecule has 2 atom stereocenters. The normalized spacial score (nSPS) is 13.3. The SMILES string of the molecule is CCCCCCCCCCCC(NC)c1ccccc1C(CCCCCCCCCCC)NC. The van der Waals surface area contributed by atoms with Crippen LogP contribution >= 0.6 is 0 Å². The van der Waals surface area contributed by atoms with E-state index in [0.717, 1.165) is 0 Å². The van der Waals surface area contributed by atoms with Crippen LogP contribution in [0, 0.1) is 0 Å². The minimum Gasteiger partial charge on any atom is -0.313 e. The van der Waals surface area contributed by atoms with Gasteiger partial charge in [-0.3, -0.25) is 0 Å². The largest absolute Gasteiger partial charge is 0.313 e. The van der Waals surface area contributed by atoms with E-state index in [-0.39, 0.29) is 0 Å². The molecule has 198 valence electrons. The molecule has 2 heteroatoms. The van der Waals surface area contributed by atoms with Crippen LogP contribution in [0.4, 0.5) is 0 Å². The fraction of sp³-hybridized carbons (Fsp3) is 0.812. The van der Waals surface area contributed by atoms with E-state index in [1.165, 1.54) is 140 Å². The maximum absolute atomic E-state index is 3.64. The highest BCUT2D eigenvalue weighted by molar-refractivity contribution is 5.32. The van der Waals surface area contributed by atoms with E-state index in [1.54, 1.807) is 0 Å². The maximum Gasteiger partial charge on any atom is 0.0320 e. The molecule has 0 saturated carbocycles. The Morgan fingerprint density at radius 1 is 0.471 bits per heavy atom. The molecule has 0 bridgehead atoms. The summed E-state index contributed by atoms with van der Waals surface area (Å²) >= 11 is 0. The summed E-state index contributed by atoms with van der Waals surface area (Å²) in [5, 5.41) is 7.28. The smallest absolute Gasteiger partial charge is 0.0320 e. The lowest BCUT2D eigenvalue weighted by molar-refractivity contribution is 0.467. The predicted molar refractivity (Wildman–Crippen MR) is 154 cm³/mol. The molecule has 0 saturated heterocycles. The molecule has 0 radical (unpaired) electrons. The van der Waals surface area contributed by atoms with Gasteiger partial charge in [0.25, 0.3) is 0 Å². The molecule has 1 rings (SSSR count). The Hall–Kier alpha value is -0.860. The molecule has 2 nitrogen and oxygen atoms in total. The summed E-state index contributed by atoms with van der Waals surface area (Å²) < 4.78 is 0. The number of hydrogen-bond donors (Lipinski definition) is 2. The first-order valence-corrected chi connectivity index (χ1v) is 15.2. The summed E-state index contributed by atoms with van der Waals surface area (Å²) in [7, 11) is 4.29. The highest BCUT2D eigenvalue weighted by atomic mass is 14.9. The first-order valence-electron chi connectivity index (χ1n) is 15.2. The molecule has 2 unspecified atom stereocenters. The molecular weight excluding hydrogens is 412 g/mol. The summed E-state index contributed by atoms with van der Waals surface area (Å²) in [5.41, 5.74) is 3.03. The van der Waals surface area contributed by atoms with Gasteiger partial charge in [0.05, 0.1) is 0 Å². The number of hydrogen-bond acceptors (Lipinski definition) is 2. The van der Waals surface area contributed by atoms with E-state index in [9.17, 15) is 0 Å². The first-order chi connectivity index (χ1) is 16.8. The van der Waals surface area contributed by atoms with Crippen LogP contribution in [0.1, 0.15) is 165 Å². The molecule has 0 aliphatic heterocycles. The van der Waals surface area contributed by atoms with Crippen molar-refractivity contribution in [3.8, 4) is 0 Å². The molecule has 0 aliphatic rings. The van der Waals surface area contributed by atoms with Crippen LogP contribution < -0.4 is 10.6 Å². The number of unbranched alkanes of at least 4 members (excludes halogenated alkanes) is 16. The number of benzene rings is 1. The Bertz CT molecular complexity index is 507. The molecule has 0 heterocycles. The van der Waals surface area contributed by atoms with Crippen LogP contribution in [0.25, 0.3) is 0 Å². The molecule has 0 spiro atoms. The van der Waals surface area contributed by atoms with Crippen molar-refractivity contribution >= 4 is 0 Å². The van der Waals surface area contributed by atoms with Gasteiger partial charge in [0, 0.05) is 12.1 Å². The van der Waals surface area contributed by atoms with Gasteiger partial charge >= 0.3 is 0 Å². The standard InChI is InChI=1S/C32H60N2/c1-5-7-9-11-13-15-17-19-21-27-31(33-3)29-25-23-24-26-30(29)32(34-4)28-22-20-18-16-14-12-10-8-6-2/h23-26,31-34H,5-22,27-28H2,1-4H3. The molecule has 0 aromatic heterocycles. The number of nitrogens with one attached hydrogen (secondary N) is 2. The molecular formula is C32H60N2. The maximum atomic E-state index is 3.64. The third-order valence-corrected chi connectivity index (χ3v) is 7.64. The van der Waals surface area contributed by atoms with Crippen LogP contribution in [0.2, 0.25) is 0 Å². The minimum atomic E-state index is 0.472. The van der Waals surface area contributed by atoms with Gasteiger partial charge in [-0.1, -0.05) is 154 Å². The zero-order chi connectivity index (χ0) is 24.7. The lowest BCUT2D eigenvalue weighted by atomic mass is 9.90. The summed E-state index contributed by atoms with van der Waals surface area (Å²) in [6, 6.07) is 10.1. The topological polar surface area (TPSA) is 24.1 Å². The van der Waals surface area contributed by atoms with Gasteiger partial charge in [0.1, 0.15) is 0 Å².